The standard InChI is InChI=1S/C19H28N2O4/c1-5-24-18(22)16-7-6-10-21(11-16)19(23)20-12-25-17-14(3)9-8-13(2)15(17)4/h8-9,16H,5-7,10-12H2,1-4H3,(H,20,23). The lowest BCUT2D eigenvalue weighted by molar-refractivity contribution is -0.149. The van der Waals surface area contributed by atoms with Gasteiger partial charge >= 0.3 is 12.0 Å². The van der Waals surface area contributed by atoms with Gasteiger partial charge in [0.05, 0.1) is 12.5 Å². The van der Waals surface area contributed by atoms with Crippen molar-refractivity contribution in [2.45, 2.75) is 40.5 Å². The number of aryl methyl sites for hydroxylation is 2. The van der Waals surface area contributed by atoms with Gasteiger partial charge in [-0.05, 0) is 57.2 Å². The molecule has 1 atom stereocenters. The maximum absolute atomic E-state index is 12.3. The average molecular weight is 348 g/mol. The molecule has 1 unspecified atom stereocenters. The normalized spacial score (nSPS) is 17.1. The van der Waals surface area contributed by atoms with Crippen molar-refractivity contribution >= 4 is 12.0 Å². The first-order chi connectivity index (χ1) is 11.9. The highest BCUT2D eigenvalue weighted by molar-refractivity contribution is 5.77. The maximum atomic E-state index is 12.3. The van der Waals surface area contributed by atoms with Gasteiger partial charge in [-0.2, -0.15) is 0 Å². The van der Waals surface area contributed by atoms with E-state index in [1.54, 1.807) is 11.8 Å². The molecule has 0 aliphatic carbocycles. The van der Waals surface area contributed by atoms with Gasteiger partial charge in [0.1, 0.15) is 5.75 Å². The van der Waals surface area contributed by atoms with E-state index in [9.17, 15) is 9.59 Å². The first-order valence-corrected chi connectivity index (χ1v) is 8.83. The molecule has 6 heteroatoms. The van der Waals surface area contributed by atoms with Crippen LogP contribution in [0.4, 0.5) is 4.79 Å². The van der Waals surface area contributed by atoms with Crippen molar-refractivity contribution < 1.29 is 19.1 Å². The molecule has 25 heavy (non-hydrogen) atoms. The van der Waals surface area contributed by atoms with Gasteiger partial charge in [-0.25, -0.2) is 4.79 Å². The van der Waals surface area contributed by atoms with Crippen molar-refractivity contribution in [2.75, 3.05) is 26.4 Å². The zero-order valence-corrected chi connectivity index (χ0v) is 15.6. The number of urea groups is 1. The van der Waals surface area contributed by atoms with Gasteiger partial charge in [0, 0.05) is 13.1 Å². The summed E-state index contributed by atoms with van der Waals surface area (Å²) < 4.78 is 10.8. The summed E-state index contributed by atoms with van der Waals surface area (Å²) in [7, 11) is 0. The number of ether oxygens (including phenoxy) is 2. The van der Waals surface area contributed by atoms with Crippen LogP contribution in [0.25, 0.3) is 0 Å². The smallest absolute Gasteiger partial charge is 0.320 e. The molecular weight excluding hydrogens is 320 g/mol. The molecular formula is C19H28N2O4. The van der Waals surface area contributed by atoms with E-state index >= 15 is 0 Å². The van der Waals surface area contributed by atoms with E-state index < -0.39 is 0 Å². The summed E-state index contributed by atoms with van der Waals surface area (Å²) in [6, 6.07) is 3.85. The second-order valence-electron chi connectivity index (χ2n) is 6.46. The Hall–Kier alpha value is -2.24. The number of carbonyl (C=O) groups is 2. The predicted molar refractivity (Wildman–Crippen MR) is 95.6 cm³/mol. The van der Waals surface area contributed by atoms with E-state index in [2.05, 4.69) is 11.4 Å². The monoisotopic (exact) mass is 348 g/mol. The number of hydrogen-bond acceptors (Lipinski definition) is 4. The molecule has 0 saturated carbocycles. The van der Waals surface area contributed by atoms with Crippen LogP contribution in [0.15, 0.2) is 12.1 Å². The van der Waals surface area contributed by atoms with Crippen LogP contribution in [-0.2, 0) is 9.53 Å². The molecule has 0 bridgehead atoms. The van der Waals surface area contributed by atoms with Gasteiger partial charge < -0.3 is 19.7 Å². The van der Waals surface area contributed by atoms with E-state index in [1.807, 2.05) is 26.8 Å². The van der Waals surface area contributed by atoms with Gasteiger partial charge in [0.15, 0.2) is 6.73 Å². The van der Waals surface area contributed by atoms with Gasteiger partial charge in [0.25, 0.3) is 0 Å². The Labute approximate surface area is 149 Å². The van der Waals surface area contributed by atoms with Crippen molar-refractivity contribution in [1.29, 1.82) is 0 Å². The van der Waals surface area contributed by atoms with Gasteiger partial charge in [0.2, 0.25) is 0 Å². The number of hydrogen-bond donors (Lipinski definition) is 1. The molecule has 0 spiro atoms. The summed E-state index contributed by atoms with van der Waals surface area (Å²) >= 11 is 0. The minimum absolute atomic E-state index is 0.102. The quantitative estimate of drug-likeness (QED) is 0.656. The Morgan fingerprint density at radius 2 is 1.96 bits per heavy atom. The lowest BCUT2D eigenvalue weighted by Gasteiger charge is -2.31. The number of nitrogens with zero attached hydrogens (tertiary/aromatic N) is 1. The van der Waals surface area contributed by atoms with Crippen LogP contribution in [0.2, 0.25) is 0 Å². The van der Waals surface area contributed by atoms with Crippen molar-refractivity contribution in [3.8, 4) is 5.75 Å². The molecule has 1 aromatic carbocycles. The zero-order valence-electron chi connectivity index (χ0n) is 15.6. The highest BCUT2D eigenvalue weighted by Crippen LogP contribution is 2.25. The Kier molecular flexibility index (Phi) is 6.67. The number of amides is 2. The van der Waals surface area contributed by atoms with Crippen molar-refractivity contribution in [1.82, 2.24) is 10.2 Å². The Morgan fingerprint density at radius 1 is 1.24 bits per heavy atom. The van der Waals surface area contributed by atoms with E-state index in [0.29, 0.717) is 19.7 Å². The van der Waals surface area contributed by atoms with Crippen LogP contribution in [0.5, 0.6) is 5.75 Å². The third kappa shape index (κ3) is 4.87. The summed E-state index contributed by atoms with van der Waals surface area (Å²) in [5.74, 6) is 0.354. The molecule has 0 aromatic heterocycles. The van der Waals surface area contributed by atoms with Crippen LogP contribution in [-0.4, -0.2) is 43.3 Å². The van der Waals surface area contributed by atoms with E-state index in [0.717, 1.165) is 35.3 Å². The Balaban J connectivity index is 1.86. The summed E-state index contributed by atoms with van der Waals surface area (Å²) in [6.07, 6.45) is 1.56. The molecule has 2 rings (SSSR count). The summed E-state index contributed by atoms with van der Waals surface area (Å²) in [4.78, 5) is 25.9. The SMILES string of the molecule is CCOC(=O)C1CCCN(C(=O)NCOc2c(C)ccc(C)c2C)C1. The molecule has 1 fully saturated rings. The number of esters is 1. The largest absolute Gasteiger partial charge is 0.473 e. The van der Waals surface area contributed by atoms with Crippen LogP contribution in [0.1, 0.15) is 36.5 Å². The Bertz CT molecular complexity index is 630. The van der Waals surface area contributed by atoms with Crippen LogP contribution < -0.4 is 10.1 Å². The highest BCUT2D eigenvalue weighted by Gasteiger charge is 2.29. The predicted octanol–water partition coefficient (Wildman–Crippen LogP) is 2.93. The minimum atomic E-state index is -0.235. The van der Waals surface area contributed by atoms with Crippen molar-refractivity contribution in [2.24, 2.45) is 5.92 Å². The number of piperidine rings is 1. The lowest BCUT2D eigenvalue weighted by atomic mass is 9.98. The molecule has 1 heterocycles. The van der Waals surface area contributed by atoms with Crippen molar-refractivity contribution in [3.05, 3.63) is 28.8 Å². The lowest BCUT2D eigenvalue weighted by Crippen LogP contribution is -2.48. The van der Waals surface area contributed by atoms with E-state index in [1.165, 1.54) is 0 Å². The van der Waals surface area contributed by atoms with Crippen molar-refractivity contribution in [3.63, 3.8) is 0 Å². The summed E-state index contributed by atoms with van der Waals surface area (Å²) in [5, 5.41) is 2.78. The van der Waals surface area contributed by atoms with Crippen LogP contribution in [0.3, 0.4) is 0 Å². The average Bonchev–Trinajstić information content (AvgIpc) is 2.61. The first kappa shape index (κ1) is 19.1. The molecule has 1 saturated heterocycles. The fourth-order valence-corrected chi connectivity index (χ4v) is 3.04. The fraction of sp³-hybridized carbons (Fsp3) is 0.579. The van der Waals surface area contributed by atoms with E-state index in [4.69, 9.17) is 9.47 Å². The third-order valence-corrected chi connectivity index (χ3v) is 4.64. The van der Waals surface area contributed by atoms with Crippen LogP contribution in [0, 0.1) is 26.7 Å². The zero-order chi connectivity index (χ0) is 18.4. The number of carbonyl (C=O) groups excluding carboxylic acids is 2. The third-order valence-electron chi connectivity index (χ3n) is 4.64. The molecule has 1 aliphatic heterocycles. The molecule has 0 radical (unpaired) electrons. The molecule has 2 amide bonds. The number of nitrogens with one attached hydrogen (secondary N) is 1. The first-order valence-electron chi connectivity index (χ1n) is 8.83. The van der Waals surface area contributed by atoms with Gasteiger partial charge in [-0.3, -0.25) is 4.79 Å². The number of rotatable bonds is 5. The molecule has 1 aromatic rings. The van der Waals surface area contributed by atoms with Gasteiger partial charge in [-0.1, -0.05) is 12.1 Å². The molecule has 138 valence electrons. The second kappa shape index (κ2) is 8.74. The maximum Gasteiger partial charge on any atom is 0.320 e. The van der Waals surface area contributed by atoms with Gasteiger partial charge in [-0.15, -0.1) is 0 Å². The molecule has 1 N–H and O–H groups in total. The summed E-state index contributed by atoms with van der Waals surface area (Å²) in [6.45, 7) is 9.32. The number of likely N-dealkylation sites (tertiary alicyclic amines) is 1. The molecule has 6 nitrogen and oxygen atoms in total. The number of benzene rings is 1. The highest BCUT2D eigenvalue weighted by atomic mass is 16.5. The Morgan fingerprint density at radius 3 is 2.68 bits per heavy atom. The minimum Gasteiger partial charge on any atom is -0.473 e. The fourth-order valence-electron chi connectivity index (χ4n) is 3.04. The molecule has 1 aliphatic rings. The van der Waals surface area contributed by atoms with E-state index in [-0.39, 0.29) is 24.6 Å². The second-order valence-corrected chi connectivity index (χ2v) is 6.46. The summed E-state index contributed by atoms with van der Waals surface area (Å²) in [5.41, 5.74) is 3.27. The van der Waals surface area contributed by atoms with Crippen LogP contribution >= 0.6 is 0 Å². The topological polar surface area (TPSA) is 67.9 Å².